The molecule has 6 heteroatoms. The van der Waals surface area contributed by atoms with E-state index < -0.39 is 11.8 Å². The highest BCUT2D eigenvalue weighted by Gasteiger charge is 2.43. The van der Waals surface area contributed by atoms with Crippen LogP contribution in [0, 0.1) is 5.92 Å². The van der Waals surface area contributed by atoms with Crippen LogP contribution in [0.25, 0.3) is 0 Å². The second-order valence-corrected chi connectivity index (χ2v) is 6.48. The third kappa shape index (κ3) is 2.52. The summed E-state index contributed by atoms with van der Waals surface area (Å²) in [7, 11) is 1.36. The standard InChI is InChI=1S/C19H19NO5/c1-10-16(19(22)23-2)17(18-12(20-10)4-3-5-13(18)21)11-6-7-14-15(8-11)25-9-24-14/h6-8,16-17H,3-5,9H2,1-2H3/t16?,17-/m1/s1. The number of aliphatic imine (C=N–C) groups is 1. The van der Waals surface area contributed by atoms with Gasteiger partial charge in [0.1, 0.15) is 5.92 Å². The van der Waals surface area contributed by atoms with E-state index in [0.717, 1.165) is 24.1 Å². The number of benzene rings is 1. The predicted molar refractivity (Wildman–Crippen MR) is 89.8 cm³/mol. The highest BCUT2D eigenvalue weighted by Crippen LogP contribution is 2.45. The Bertz CT molecular complexity index is 823. The van der Waals surface area contributed by atoms with Gasteiger partial charge >= 0.3 is 5.97 Å². The number of fused-ring (bicyclic) bond motifs is 1. The first kappa shape index (κ1) is 15.9. The lowest BCUT2D eigenvalue weighted by Gasteiger charge is -2.34. The number of carbonyl (C=O) groups excluding carboxylic acids is 2. The van der Waals surface area contributed by atoms with E-state index in [-0.39, 0.29) is 18.5 Å². The molecule has 0 N–H and O–H groups in total. The molecular formula is C19H19NO5. The summed E-state index contributed by atoms with van der Waals surface area (Å²) in [5.41, 5.74) is 2.97. The molecule has 25 heavy (non-hydrogen) atoms. The molecule has 0 bridgehead atoms. The molecule has 2 atom stereocenters. The van der Waals surface area contributed by atoms with Crippen LogP contribution in [0.3, 0.4) is 0 Å². The van der Waals surface area contributed by atoms with Gasteiger partial charge in [-0.3, -0.25) is 14.6 Å². The normalized spacial score (nSPS) is 24.7. The largest absolute Gasteiger partial charge is 0.468 e. The van der Waals surface area contributed by atoms with Gasteiger partial charge in [0.05, 0.1) is 7.11 Å². The van der Waals surface area contributed by atoms with Crippen molar-refractivity contribution in [2.24, 2.45) is 10.9 Å². The number of ether oxygens (including phenoxy) is 3. The van der Waals surface area contributed by atoms with Gasteiger partial charge in [-0.25, -0.2) is 0 Å². The molecule has 3 aliphatic rings. The summed E-state index contributed by atoms with van der Waals surface area (Å²) < 4.78 is 15.9. The zero-order chi connectivity index (χ0) is 17.6. The van der Waals surface area contributed by atoms with Crippen LogP contribution in [0.4, 0.5) is 0 Å². The molecule has 4 rings (SSSR count). The minimum absolute atomic E-state index is 0.0640. The Labute approximate surface area is 145 Å². The lowest BCUT2D eigenvalue weighted by Crippen LogP contribution is -2.36. The molecule has 0 saturated carbocycles. The highest BCUT2D eigenvalue weighted by atomic mass is 16.7. The average molecular weight is 341 g/mol. The van der Waals surface area contributed by atoms with Crippen molar-refractivity contribution in [1.29, 1.82) is 0 Å². The first-order chi connectivity index (χ1) is 12.1. The Morgan fingerprint density at radius 2 is 2.04 bits per heavy atom. The maximum absolute atomic E-state index is 12.7. The number of hydrogen-bond donors (Lipinski definition) is 0. The summed E-state index contributed by atoms with van der Waals surface area (Å²) in [5.74, 6) is -0.0215. The van der Waals surface area contributed by atoms with E-state index in [1.807, 2.05) is 25.1 Å². The van der Waals surface area contributed by atoms with E-state index in [1.165, 1.54) is 7.11 Å². The molecule has 2 heterocycles. The molecule has 0 spiro atoms. The first-order valence-corrected chi connectivity index (χ1v) is 8.39. The maximum atomic E-state index is 12.7. The summed E-state index contributed by atoms with van der Waals surface area (Å²) >= 11 is 0. The lowest BCUT2D eigenvalue weighted by atomic mass is 9.71. The molecule has 1 aromatic carbocycles. The minimum atomic E-state index is -0.605. The van der Waals surface area contributed by atoms with Crippen molar-refractivity contribution in [2.75, 3.05) is 13.9 Å². The molecule has 2 aliphatic heterocycles. The van der Waals surface area contributed by atoms with Crippen LogP contribution < -0.4 is 9.47 Å². The van der Waals surface area contributed by atoms with Crippen molar-refractivity contribution in [3.63, 3.8) is 0 Å². The van der Waals surface area contributed by atoms with E-state index in [4.69, 9.17) is 14.2 Å². The van der Waals surface area contributed by atoms with Crippen molar-refractivity contribution in [2.45, 2.75) is 32.1 Å². The average Bonchev–Trinajstić information content (AvgIpc) is 3.07. The van der Waals surface area contributed by atoms with Crippen molar-refractivity contribution >= 4 is 17.5 Å². The van der Waals surface area contributed by atoms with Gasteiger partial charge in [-0.15, -0.1) is 0 Å². The molecule has 0 saturated heterocycles. The quantitative estimate of drug-likeness (QED) is 0.773. The molecule has 0 radical (unpaired) electrons. The fraction of sp³-hybridized carbons (Fsp3) is 0.421. The third-order valence-corrected chi connectivity index (χ3v) is 5.05. The van der Waals surface area contributed by atoms with E-state index in [1.54, 1.807) is 0 Å². The minimum Gasteiger partial charge on any atom is -0.468 e. The topological polar surface area (TPSA) is 74.2 Å². The molecule has 1 aromatic rings. The molecule has 6 nitrogen and oxygen atoms in total. The lowest BCUT2D eigenvalue weighted by molar-refractivity contribution is -0.143. The Morgan fingerprint density at radius 1 is 1.24 bits per heavy atom. The SMILES string of the molecule is COC(=O)C1C(C)=NC2=C(C(=O)CCC2)[C@@H]1c1ccc2c(c1)OCO2. The Kier molecular flexibility index (Phi) is 3.82. The van der Waals surface area contributed by atoms with Crippen LogP contribution in [0.2, 0.25) is 0 Å². The predicted octanol–water partition coefficient (Wildman–Crippen LogP) is 2.77. The second kappa shape index (κ2) is 6.02. The molecular weight excluding hydrogens is 322 g/mol. The maximum Gasteiger partial charge on any atom is 0.315 e. The van der Waals surface area contributed by atoms with E-state index in [9.17, 15) is 9.59 Å². The molecule has 1 unspecified atom stereocenters. The Morgan fingerprint density at radius 3 is 2.84 bits per heavy atom. The number of esters is 1. The number of Topliss-reactive ketones (excluding diaryl/α,β-unsaturated/α-hetero) is 1. The van der Waals surface area contributed by atoms with Crippen LogP contribution >= 0.6 is 0 Å². The van der Waals surface area contributed by atoms with Gasteiger partial charge in [0, 0.05) is 29.3 Å². The van der Waals surface area contributed by atoms with E-state index in [2.05, 4.69) is 4.99 Å². The number of nitrogens with zero attached hydrogens (tertiary/aromatic N) is 1. The van der Waals surface area contributed by atoms with Crippen molar-refractivity contribution < 1.29 is 23.8 Å². The monoisotopic (exact) mass is 341 g/mol. The van der Waals surface area contributed by atoms with Gasteiger partial charge in [-0.1, -0.05) is 6.07 Å². The van der Waals surface area contributed by atoms with E-state index >= 15 is 0 Å². The Balaban J connectivity index is 1.87. The summed E-state index contributed by atoms with van der Waals surface area (Å²) in [6, 6.07) is 5.56. The number of hydrogen-bond acceptors (Lipinski definition) is 6. The van der Waals surface area contributed by atoms with Crippen LogP contribution in [-0.2, 0) is 14.3 Å². The van der Waals surface area contributed by atoms with Crippen LogP contribution in [0.1, 0.15) is 37.7 Å². The fourth-order valence-electron chi connectivity index (χ4n) is 3.91. The van der Waals surface area contributed by atoms with Crippen molar-refractivity contribution in [1.82, 2.24) is 0 Å². The summed E-state index contributed by atoms with van der Waals surface area (Å²) in [6.45, 7) is 2.00. The molecule has 0 amide bonds. The van der Waals surface area contributed by atoms with Gasteiger partial charge in [0.2, 0.25) is 6.79 Å². The fourth-order valence-corrected chi connectivity index (χ4v) is 3.91. The van der Waals surface area contributed by atoms with Crippen molar-refractivity contribution in [3.8, 4) is 11.5 Å². The Hall–Kier alpha value is -2.63. The van der Waals surface area contributed by atoms with E-state index in [0.29, 0.717) is 29.2 Å². The summed E-state index contributed by atoms with van der Waals surface area (Å²) in [5, 5.41) is 0. The number of rotatable bonds is 2. The summed E-state index contributed by atoms with van der Waals surface area (Å²) in [6.07, 6.45) is 2.04. The van der Waals surface area contributed by atoms with Gasteiger partial charge < -0.3 is 14.2 Å². The zero-order valence-corrected chi connectivity index (χ0v) is 14.2. The van der Waals surface area contributed by atoms with Gasteiger partial charge in [-0.05, 0) is 37.5 Å². The third-order valence-electron chi connectivity index (χ3n) is 5.05. The molecule has 0 fully saturated rings. The van der Waals surface area contributed by atoms with Crippen LogP contribution in [0.15, 0.2) is 34.5 Å². The number of ketones is 1. The molecule has 0 aromatic heterocycles. The molecule has 1 aliphatic carbocycles. The first-order valence-electron chi connectivity index (χ1n) is 8.39. The second-order valence-electron chi connectivity index (χ2n) is 6.48. The summed E-state index contributed by atoms with van der Waals surface area (Å²) in [4.78, 5) is 29.7. The molecule has 130 valence electrons. The van der Waals surface area contributed by atoms with Crippen LogP contribution in [0.5, 0.6) is 11.5 Å². The highest BCUT2D eigenvalue weighted by molar-refractivity contribution is 6.08. The van der Waals surface area contributed by atoms with Crippen LogP contribution in [-0.4, -0.2) is 31.4 Å². The number of allylic oxidation sites excluding steroid dienone is 2. The van der Waals surface area contributed by atoms with Gasteiger partial charge in [0.15, 0.2) is 17.3 Å². The van der Waals surface area contributed by atoms with Gasteiger partial charge in [0.25, 0.3) is 0 Å². The van der Waals surface area contributed by atoms with Gasteiger partial charge in [-0.2, -0.15) is 0 Å². The smallest absolute Gasteiger partial charge is 0.315 e. The number of carbonyl (C=O) groups is 2. The number of methoxy groups -OCH3 is 1. The van der Waals surface area contributed by atoms with Crippen molar-refractivity contribution in [3.05, 3.63) is 35.0 Å². The zero-order valence-electron chi connectivity index (χ0n) is 14.2.